The first-order valence-corrected chi connectivity index (χ1v) is 6.95. The lowest BCUT2D eigenvalue weighted by molar-refractivity contribution is 0.0980. The van der Waals surface area contributed by atoms with Gasteiger partial charge in [0.1, 0.15) is 11.5 Å². The van der Waals surface area contributed by atoms with E-state index in [1.807, 2.05) is 49.4 Å². The largest absolute Gasteiger partial charge is 0.497 e. The first-order chi connectivity index (χ1) is 10.1. The molecule has 3 nitrogen and oxygen atoms in total. The van der Waals surface area contributed by atoms with Gasteiger partial charge in [0.2, 0.25) is 0 Å². The number of ether oxygens (including phenoxy) is 2. The van der Waals surface area contributed by atoms with E-state index in [4.69, 9.17) is 9.47 Å². The van der Waals surface area contributed by atoms with Gasteiger partial charge >= 0.3 is 0 Å². The van der Waals surface area contributed by atoms with E-state index in [2.05, 4.69) is 0 Å². The zero-order valence-corrected chi connectivity index (χ0v) is 12.7. The van der Waals surface area contributed by atoms with Crippen molar-refractivity contribution in [2.45, 2.75) is 19.8 Å². The Labute approximate surface area is 125 Å². The fraction of sp³-hybridized carbons (Fsp3) is 0.278. The number of aryl methyl sites for hydroxylation is 2. The Hall–Kier alpha value is -2.29. The summed E-state index contributed by atoms with van der Waals surface area (Å²) >= 11 is 0. The van der Waals surface area contributed by atoms with Crippen molar-refractivity contribution in [1.82, 2.24) is 0 Å². The molecular weight excluding hydrogens is 264 g/mol. The summed E-state index contributed by atoms with van der Waals surface area (Å²) in [6.07, 6.45) is 1.17. The molecule has 110 valence electrons. The maximum atomic E-state index is 12.3. The number of Topliss-reactive ketones (excluding diaryl/α,β-unsaturated/α-hetero) is 1. The van der Waals surface area contributed by atoms with Gasteiger partial charge in [0.05, 0.1) is 19.8 Å². The molecule has 2 aromatic carbocycles. The van der Waals surface area contributed by atoms with E-state index < -0.39 is 0 Å². The molecule has 0 aliphatic carbocycles. The number of rotatable bonds is 6. The molecule has 0 saturated heterocycles. The van der Waals surface area contributed by atoms with E-state index >= 15 is 0 Å². The minimum atomic E-state index is 0.0997. The van der Waals surface area contributed by atoms with Gasteiger partial charge in [0.15, 0.2) is 5.78 Å². The van der Waals surface area contributed by atoms with Crippen LogP contribution in [-0.2, 0) is 6.42 Å². The lowest BCUT2D eigenvalue weighted by Gasteiger charge is -2.09. The van der Waals surface area contributed by atoms with Gasteiger partial charge < -0.3 is 9.47 Å². The maximum absolute atomic E-state index is 12.3. The molecular formula is C18H20O3. The van der Waals surface area contributed by atoms with Crippen LogP contribution in [0, 0.1) is 6.92 Å². The average molecular weight is 284 g/mol. The monoisotopic (exact) mass is 284 g/mol. The van der Waals surface area contributed by atoms with E-state index in [0.29, 0.717) is 24.2 Å². The average Bonchev–Trinajstić information content (AvgIpc) is 2.52. The molecule has 0 spiro atoms. The lowest BCUT2D eigenvalue weighted by atomic mass is 10.0. The number of hydrogen-bond donors (Lipinski definition) is 0. The Bertz CT molecular complexity index is 615. The van der Waals surface area contributed by atoms with Crippen LogP contribution in [0.25, 0.3) is 0 Å². The molecule has 0 aliphatic rings. The second-order valence-electron chi connectivity index (χ2n) is 4.97. The fourth-order valence-corrected chi connectivity index (χ4v) is 2.21. The molecule has 3 heteroatoms. The molecule has 0 aromatic heterocycles. The standard InChI is InChI=1S/C18H20O3/c1-13-4-10-16(18(12-13)21-3)17(19)11-7-14-5-8-15(20-2)9-6-14/h4-6,8-10,12H,7,11H2,1-3H3. The highest BCUT2D eigenvalue weighted by Gasteiger charge is 2.12. The van der Waals surface area contributed by atoms with Gasteiger partial charge in [-0.05, 0) is 48.7 Å². The molecule has 0 radical (unpaired) electrons. The summed E-state index contributed by atoms with van der Waals surface area (Å²) in [5.41, 5.74) is 2.85. The van der Waals surface area contributed by atoms with E-state index in [1.54, 1.807) is 14.2 Å². The Balaban J connectivity index is 2.04. The molecule has 0 aliphatic heterocycles. The quantitative estimate of drug-likeness (QED) is 0.756. The van der Waals surface area contributed by atoms with Crippen molar-refractivity contribution in [3.05, 3.63) is 59.2 Å². The summed E-state index contributed by atoms with van der Waals surface area (Å²) in [7, 11) is 3.23. The number of carbonyl (C=O) groups is 1. The SMILES string of the molecule is COc1ccc(CCC(=O)c2ccc(C)cc2OC)cc1. The molecule has 0 unspecified atom stereocenters. The summed E-state index contributed by atoms with van der Waals surface area (Å²) in [5.74, 6) is 1.57. The summed E-state index contributed by atoms with van der Waals surface area (Å²) in [6.45, 7) is 1.98. The Kier molecular flexibility index (Phi) is 4.99. The van der Waals surface area contributed by atoms with E-state index in [0.717, 1.165) is 16.9 Å². The zero-order chi connectivity index (χ0) is 15.2. The molecule has 0 heterocycles. The van der Waals surface area contributed by atoms with Crippen LogP contribution in [-0.4, -0.2) is 20.0 Å². The fourth-order valence-electron chi connectivity index (χ4n) is 2.21. The van der Waals surface area contributed by atoms with Crippen molar-refractivity contribution in [3.63, 3.8) is 0 Å². The van der Waals surface area contributed by atoms with Gasteiger partial charge in [-0.25, -0.2) is 0 Å². The highest BCUT2D eigenvalue weighted by molar-refractivity contribution is 5.98. The highest BCUT2D eigenvalue weighted by atomic mass is 16.5. The van der Waals surface area contributed by atoms with Crippen LogP contribution in [0.1, 0.15) is 27.9 Å². The number of carbonyl (C=O) groups excluding carboxylic acids is 1. The molecule has 0 amide bonds. The van der Waals surface area contributed by atoms with Crippen LogP contribution in [0.3, 0.4) is 0 Å². The van der Waals surface area contributed by atoms with Gasteiger partial charge in [0.25, 0.3) is 0 Å². The smallest absolute Gasteiger partial charge is 0.166 e. The molecule has 0 fully saturated rings. The third-order valence-corrected chi connectivity index (χ3v) is 3.46. The molecule has 0 bridgehead atoms. The maximum Gasteiger partial charge on any atom is 0.166 e. The number of ketones is 1. The van der Waals surface area contributed by atoms with Crippen LogP contribution >= 0.6 is 0 Å². The van der Waals surface area contributed by atoms with Crippen LogP contribution in [0.15, 0.2) is 42.5 Å². The molecule has 2 aromatic rings. The minimum Gasteiger partial charge on any atom is -0.497 e. The zero-order valence-electron chi connectivity index (χ0n) is 12.7. The normalized spacial score (nSPS) is 10.2. The van der Waals surface area contributed by atoms with Gasteiger partial charge in [-0.15, -0.1) is 0 Å². The Morgan fingerprint density at radius 2 is 1.71 bits per heavy atom. The first-order valence-electron chi connectivity index (χ1n) is 6.95. The van der Waals surface area contributed by atoms with Crippen molar-refractivity contribution in [2.75, 3.05) is 14.2 Å². The second kappa shape index (κ2) is 6.93. The predicted octanol–water partition coefficient (Wildman–Crippen LogP) is 3.83. The summed E-state index contributed by atoms with van der Waals surface area (Å²) in [6, 6.07) is 13.4. The van der Waals surface area contributed by atoms with E-state index in [1.165, 1.54) is 0 Å². The second-order valence-corrected chi connectivity index (χ2v) is 4.97. The summed E-state index contributed by atoms with van der Waals surface area (Å²) < 4.78 is 10.4. The van der Waals surface area contributed by atoms with Crippen molar-refractivity contribution >= 4 is 5.78 Å². The molecule has 0 saturated carbocycles. The highest BCUT2D eigenvalue weighted by Crippen LogP contribution is 2.22. The minimum absolute atomic E-state index is 0.0997. The number of methoxy groups -OCH3 is 2. The predicted molar refractivity (Wildman–Crippen MR) is 83.4 cm³/mol. The van der Waals surface area contributed by atoms with Crippen LogP contribution in [0.2, 0.25) is 0 Å². The van der Waals surface area contributed by atoms with E-state index in [9.17, 15) is 4.79 Å². The number of benzene rings is 2. The number of hydrogen-bond acceptors (Lipinski definition) is 3. The Morgan fingerprint density at radius 1 is 1.00 bits per heavy atom. The summed E-state index contributed by atoms with van der Waals surface area (Å²) in [4.78, 5) is 12.3. The van der Waals surface area contributed by atoms with E-state index in [-0.39, 0.29) is 5.78 Å². The topological polar surface area (TPSA) is 35.5 Å². The lowest BCUT2D eigenvalue weighted by Crippen LogP contribution is -2.04. The van der Waals surface area contributed by atoms with Crippen molar-refractivity contribution in [1.29, 1.82) is 0 Å². The third kappa shape index (κ3) is 3.85. The van der Waals surface area contributed by atoms with Crippen LogP contribution in [0.4, 0.5) is 0 Å². The van der Waals surface area contributed by atoms with Crippen molar-refractivity contribution in [3.8, 4) is 11.5 Å². The van der Waals surface area contributed by atoms with Gasteiger partial charge in [-0.3, -0.25) is 4.79 Å². The first kappa shape index (κ1) is 15.1. The van der Waals surface area contributed by atoms with Crippen molar-refractivity contribution in [2.24, 2.45) is 0 Å². The van der Waals surface area contributed by atoms with Gasteiger partial charge in [-0.2, -0.15) is 0 Å². The molecule has 0 N–H and O–H groups in total. The van der Waals surface area contributed by atoms with Gasteiger partial charge in [0, 0.05) is 6.42 Å². The third-order valence-electron chi connectivity index (χ3n) is 3.46. The molecule has 2 rings (SSSR count). The molecule has 21 heavy (non-hydrogen) atoms. The molecule has 0 atom stereocenters. The van der Waals surface area contributed by atoms with Crippen molar-refractivity contribution < 1.29 is 14.3 Å². The summed E-state index contributed by atoms with van der Waals surface area (Å²) in [5, 5.41) is 0. The van der Waals surface area contributed by atoms with Crippen LogP contribution < -0.4 is 9.47 Å². The Morgan fingerprint density at radius 3 is 2.33 bits per heavy atom. The van der Waals surface area contributed by atoms with Gasteiger partial charge in [-0.1, -0.05) is 18.2 Å². The van der Waals surface area contributed by atoms with Crippen LogP contribution in [0.5, 0.6) is 11.5 Å².